The number of nitrogens with zero attached hydrogens (tertiary/aromatic N) is 1. The number of anilines is 1. The Labute approximate surface area is 107 Å². The van der Waals surface area contributed by atoms with Crippen LogP contribution in [0.2, 0.25) is 0 Å². The minimum atomic E-state index is 0.526. The summed E-state index contributed by atoms with van der Waals surface area (Å²) >= 11 is 0. The fourth-order valence-electron chi connectivity index (χ4n) is 2.29. The number of aromatic amines is 1. The third-order valence-electron chi connectivity index (χ3n) is 3.10. The van der Waals surface area contributed by atoms with Crippen molar-refractivity contribution in [3.05, 3.63) is 35.0 Å². The van der Waals surface area contributed by atoms with E-state index in [1.807, 2.05) is 7.05 Å². The number of H-pyrrole nitrogens is 1. The molecule has 4 nitrogen and oxygen atoms in total. The first-order valence-electron chi connectivity index (χ1n) is 5.99. The first-order valence-corrected chi connectivity index (χ1v) is 5.99. The van der Waals surface area contributed by atoms with Gasteiger partial charge in [-0.15, -0.1) is 0 Å². The van der Waals surface area contributed by atoms with Gasteiger partial charge in [0.2, 0.25) is 0 Å². The van der Waals surface area contributed by atoms with Crippen LogP contribution in [0.25, 0.3) is 11.1 Å². The number of rotatable bonds is 4. The first kappa shape index (κ1) is 12.6. The highest BCUT2D eigenvalue weighted by Gasteiger charge is 2.17. The Hall–Kier alpha value is -1.81. The summed E-state index contributed by atoms with van der Waals surface area (Å²) in [5, 5.41) is 10.5. The number of aromatic nitrogens is 2. The zero-order valence-electron chi connectivity index (χ0n) is 11.3. The van der Waals surface area contributed by atoms with Gasteiger partial charge in [0.25, 0.3) is 0 Å². The molecule has 0 aliphatic carbocycles. The quantitative estimate of drug-likeness (QED) is 0.870. The molecule has 0 aliphatic rings. The summed E-state index contributed by atoms with van der Waals surface area (Å²) in [6.07, 6.45) is 0. The number of benzene rings is 1. The van der Waals surface area contributed by atoms with E-state index in [0.717, 1.165) is 17.1 Å². The maximum Gasteiger partial charge on any atom is 0.155 e. The van der Waals surface area contributed by atoms with Gasteiger partial charge < -0.3 is 10.1 Å². The van der Waals surface area contributed by atoms with E-state index in [1.54, 1.807) is 7.11 Å². The van der Waals surface area contributed by atoms with Crippen LogP contribution in [0.5, 0.6) is 0 Å². The molecule has 18 heavy (non-hydrogen) atoms. The molecule has 0 fully saturated rings. The third-order valence-corrected chi connectivity index (χ3v) is 3.10. The topological polar surface area (TPSA) is 49.9 Å². The van der Waals surface area contributed by atoms with Gasteiger partial charge in [-0.05, 0) is 30.5 Å². The molecule has 0 saturated carbocycles. The second-order valence-electron chi connectivity index (χ2n) is 4.38. The van der Waals surface area contributed by atoms with E-state index < -0.39 is 0 Å². The fourth-order valence-corrected chi connectivity index (χ4v) is 2.29. The first-order chi connectivity index (χ1) is 8.69. The lowest BCUT2D eigenvalue weighted by atomic mass is 9.95. The lowest BCUT2D eigenvalue weighted by molar-refractivity contribution is 0.182. The molecule has 0 atom stereocenters. The van der Waals surface area contributed by atoms with Crippen molar-refractivity contribution in [3.8, 4) is 11.1 Å². The van der Waals surface area contributed by atoms with Crippen LogP contribution >= 0.6 is 0 Å². The standard InChI is InChI=1S/C14H19N3O/c1-9-6-5-7-10(2)12(9)13-11(8-18-4)16-17-14(13)15-3/h5-7H,8H2,1-4H3,(H2,15,16,17). The highest BCUT2D eigenvalue weighted by atomic mass is 16.5. The van der Waals surface area contributed by atoms with E-state index in [4.69, 9.17) is 4.74 Å². The van der Waals surface area contributed by atoms with Crippen LogP contribution in [0.4, 0.5) is 5.82 Å². The van der Waals surface area contributed by atoms with E-state index in [2.05, 4.69) is 47.6 Å². The molecular weight excluding hydrogens is 226 g/mol. The largest absolute Gasteiger partial charge is 0.378 e. The van der Waals surface area contributed by atoms with Gasteiger partial charge in [-0.25, -0.2) is 0 Å². The minimum absolute atomic E-state index is 0.526. The van der Waals surface area contributed by atoms with Gasteiger partial charge in [-0.1, -0.05) is 18.2 Å². The Morgan fingerprint density at radius 1 is 1.22 bits per heavy atom. The maximum absolute atomic E-state index is 5.23. The van der Waals surface area contributed by atoms with Gasteiger partial charge in [0.15, 0.2) is 5.82 Å². The van der Waals surface area contributed by atoms with Crippen molar-refractivity contribution in [2.45, 2.75) is 20.5 Å². The molecule has 0 spiro atoms. The molecule has 1 aromatic carbocycles. The van der Waals surface area contributed by atoms with Crippen molar-refractivity contribution in [1.29, 1.82) is 0 Å². The smallest absolute Gasteiger partial charge is 0.155 e. The van der Waals surface area contributed by atoms with Crippen LogP contribution in [0.15, 0.2) is 18.2 Å². The highest BCUT2D eigenvalue weighted by Crippen LogP contribution is 2.34. The summed E-state index contributed by atoms with van der Waals surface area (Å²) in [5.74, 6) is 0.861. The van der Waals surface area contributed by atoms with E-state index >= 15 is 0 Å². The molecule has 2 aromatic rings. The molecule has 1 aromatic heterocycles. The number of aryl methyl sites for hydroxylation is 2. The van der Waals surface area contributed by atoms with Crippen LogP contribution in [0, 0.1) is 13.8 Å². The van der Waals surface area contributed by atoms with E-state index in [-0.39, 0.29) is 0 Å². The summed E-state index contributed by atoms with van der Waals surface area (Å²) in [6, 6.07) is 6.31. The van der Waals surface area contributed by atoms with E-state index in [9.17, 15) is 0 Å². The van der Waals surface area contributed by atoms with Crippen molar-refractivity contribution in [2.24, 2.45) is 0 Å². The summed E-state index contributed by atoms with van der Waals surface area (Å²) in [7, 11) is 3.57. The summed E-state index contributed by atoms with van der Waals surface area (Å²) in [4.78, 5) is 0. The highest BCUT2D eigenvalue weighted by molar-refractivity contribution is 5.81. The Kier molecular flexibility index (Phi) is 3.67. The van der Waals surface area contributed by atoms with Crippen molar-refractivity contribution >= 4 is 5.82 Å². The van der Waals surface area contributed by atoms with Crippen LogP contribution in [-0.4, -0.2) is 24.4 Å². The van der Waals surface area contributed by atoms with Crippen molar-refractivity contribution in [3.63, 3.8) is 0 Å². The molecule has 0 radical (unpaired) electrons. The predicted molar refractivity (Wildman–Crippen MR) is 73.8 cm³/mol. The van der Waals surface area contributed by atoms with Gasteiger partial charge in [-0.2, -0.15) is 5.10 Å². The number of nitrogens with one attached hydrogen (secondary N) is 2. The molecule has 0 aliphatic heterocycles. The third kappa shape index (κ3) is 2.11. The zero-order chi connectivity index (χ0) is 13.1. The lowest BCUT2D eigenvalue weighted by Crippen LogP contribution is -1.97. The minimum Gasteiger partial charge on any atom is -0.378 e. The second kappa shape index (κ2) is 5.23. The molecule has 4 heteroatoms. The molecule has 2 rings (SSSR count). The van der Waals surface area contributed by atoms with Gasteiger partial charge in [0.1, 0.15) is 0 Å². The second-order valence-corrected chi connectivity index (χ2v) is 4.38. The molecule has 0 bridgehead atoms. The Morgan fingerprint density at radius 3 is 2.44 bits per heavy atom. The van der Waals surface area contributed by atoms with E-state index in [0.29, 0.717) is 6.61 Å². The molecule has 0 saturated heterocycles. The average molecular weight is 245 g/mol. The van der Waals surface area contributed by atoms with Gasteiger partial charge in [0, 0.05) is 19.7 Å². The SMILES string of the molecule is CNc1n[nH]c(COC)c1-c1c(C)cccc1C. The molecule has 1 heterocycles. The normalized spacial score (nSPS) is 10.7. The number of ether oxygens (including phenoxy) is 1. The molecule has 96 valence electrons. The monoisotopic (exact) mass is 245 g/mol. The number of hydrogen-bond donors (Lipinski definition) is 2. The summed E-state index contributed by atoms with van der Waals surface area (Å²) in [5.41, 5.74) is 5.81. The van der Waals surface area contributed by atoms with Crippen LogP contribution in [0.1, 0.15) is 16.8 Å². The Bertz CT molecular complexity index is 526. The van der Waals surface area contributed by atoms with Gasteiger partial charge in [-0.3, -0.25) is 5.10 Å². The predicted octanol–water partition coefficient (Wildman–Crippen LogP) is 2.88. The van der Waals surface area contributed by atoms with Gasteiger partial charge in [0.05, 0.1) is 12.3 Å². The zero-order valence-corrected chi connectivity index (χ0v) is 11.3. The Morgan fingerprint density at radius 2 is 1.89 bits per heavy atom. The van der Waals surface area contributed by atoms with Gasteiger partial charge >= 0.3 is 0 Å². The Balaban J connectivity index is 2.65. The summed E-state index contributed by atoms with van der Waals surface area (Å²) in [6.45, 7) is 4.76. The van der Waals surface area contributed by atoms with Crippen molar-refractivity contribution in [1.82, 2.24) is 10.2 Å². The molecule has 2 N–H and O–H groups in total. The fraction of sp³-hybridized carbons (Fsp3) is 0.357. The number of methoxy groups -OCH3 is 1. The molecule has 0 unspecified atom stereocenters. The molecule has 0 amide bonds. The lowest BCUT2D eigenvalue weighted by Gasteiger charge is -2.11. The molecular formula is C14H19N3O. The average Bonchev–Trinajstić information content (AvgIpc) is 2.73. The van der Waals surface area contributed by atoms with Crippen molar-refractivity contribution < 1.29 is 4.74 Å². The van der Waals surface area contributed by atoms with Crippen molar-refractivity contribution in [2.75, 3.05) is 19.5 Å². The van der Waals surface area contributed by atoms with Crippen LogP contribution in [-0.2, 0) is 11.3 Å². The van der Waals surface area contributed by atoms with Crippen LogP contribution < -0.4 is 5.32 Å². The number of hydrogen-bond acceptors (Lipinski definition) is 3. The van der Waals surface area contributed by atoms with Crippen LogP contribution in [0.3, 0.4) is 0 Å². The summed E-state index contributed by atoms with van der Waals surface area (Å²) < 4.78 is 5.23. The van der Waals surface area contributed by atoms with E-state index in [1.165, 1.54) is 16.7 Å². The maximum atomic E-state index is 5.23.